The lowest BCUT2D eigenvalue weighted by atomic mass is 10.2. The fraction of sp³-hybridized carbons (Fsp3) is 0.556. The highest BCUT2D eigenvalue weighted by Gasteiger charge is 2.21. The quantitative estimate of drug-likeness (QED) is 0.698. The maximum absolute atomic E-state index is 11.0. The molecule has 1 saturated heterocycles. The Morgan fingerprint density at radius 3 is 3.07 bits per heavy atom. The summed E-state index contributed by atoms with van der Waals surface area (Å²) in [4.78, 5) is 11.0. The minimum absolute atomic E-state index is 0.131. The molecule has 14 heavy (non-hydrogen) atoms. The Morgan fingerprint density at radius 1 is 1.79 bits per heavy atom. The summed E-state index contributed by atoms with van der Waals surface area (Å²) in [5.41, 5.74) is 7.22. The number of nitrogens with two attached hydrogens (primary N) is 1. The van der Waals surface area contributed by atoms with E-state index >= 15 is 0 Å². The number of hydrogen-bond acceptors (Lipinski definition) is 3. The third-order valence-corrected chi connectivity index (χ3v) is 2.48. The second-order valence-electron chi connectivity index (χ2n) is 3.70. The number of nitrogens with zero attached hydrogens (tertiary/aromatic N) is 2. The minimum Gasteiger partial charge on any atom is -0.396 e. The zero-order valence-electron chi connectivity index (χ0n) is 8.16. The summed E-state index contributed by atoms with van der Waals surface area (Å²) in [6.07, 6.45) is 3.32. The van der Waals surface area contributed by atoms with Crippen molar-refractivity contribution in [3.8, 4) is 0 Å². The zero-order valence-corrected chi connectivity index (χ0v) is 8.16. The van der Waals surface area contributed by atoms with Gasteiger partial charge in [0.15, 0.2) is 0 Å². The van der Waals surface area contributed by atoms with Crippen LogP contribution in [0, 0.1) is 6.92 Å². The number of aromatic nitrogens is 2. The molecule has 0 aliphatic carbocycles. The number of carbonyl (C=O) groups is 1. The molecule has 0 radical (unpaired) electrons. The summed E-state index contributed by atoms with van der Waals surface area (Å²) in [7, 11) is 0. The van der Waals surface area contributed by atoms with E-state index in [0.717, 1.165) is 12.1 Å². The Kier molecular flexibility index (Phi) is 2.15. The van der Waals surface area contributed by atoms with Crippen molar-refractivity contribution in [3.63, 3.8) is 0 Å². The van der Waals surface area contributed by atoms with Crippen molar-refractivity contribution in [2.24, 2.45) is 0 Å². The molecule has 5 nitrogen and oxygen atoms in total. The molecule has 5 heteroatoms. The summed E-state index contributed by atoms with van der Waals surface area (Å²) in [5.74, 6) is 0.131. The van der Waals surface area contributed by atoms with Crippen molar-refractivity contribution in [1.29, 1.82) is 0 Å². The SMILES string of the molecule is Cc1nn(CC2CCC(=O)N2)cc1N. The van der Waals surface area contributed by atoms with Crippen molar-refractivity contribution in [1.82, 2.24) is 15.1 Å². The van der Waals surface area contributed by atoms with Gasteiger partial charge in [0, 0.05) is 18.7 Å². The molecule has 0 bridgehead atoms. The van der Waals surface area contributed by atoms with E-state index in [1.54, 1.807) is 10.9 Å². The van der Waals surface area contributed by atoms with Gasteiger partial charge >= 0.3 is 0 Å². The van der Waals surface area contributed by atoms with Crippen LogP contribution in [0.3, 0.4) is 0 Å². The van der Waals surface area contributed by atoms with E-state index in [4.69, 9.17) is 5.73 Å². The average molecular weight is 194 g/mol. The van der Waals surface area contributed by atoms with Gasteiger partial charge in [-0.25, -0.2) is 0 Å². The first-order chi connectivity index (χ1) is 6.65. The molecule has 1 unspecified atom stereocenters. The predicted octanol–water partition coefficient (Wildman–Crippen LogP) is 0.0523. The van der Waals surface area contributed by atoms with Gasteiger partial charge in [0.1, 0.15) is 0 Å². The molecule has 1 fully saturated rings. The summed E-state index contributed by atoms with van der Waals surface area (Å²) in [5, 5.41) is 7.13. The van der Waals surface area contributed by atoms with Crippen LogP contribution in [0.2, 0.25) is 0 Å². The standard InChI is InChI=1S/C9H14N4O/c1-6-8(10)5-13(12-6)4-7-2-3-9(14)11-7/h5,7H,2-4,10H2,1H3,(H,11,14). The predicted molar refractivity (Wildman–Crippen MR) is 52.5 cm³/mol. The Morgan fingerprint density at radius 2 is 2.57 bits per heavy atom. The molecule has 0 spiro atoms. The minimum atomic E-state index is 0.131. The van der Waals surface area contributed by atoms with Gasteiger partial charge in [-0.2, -0.15) is 5.10 Å². The number of nitrogen functional groups attached to an aromatic ring is 1. The maximum atomic E-state index is 11.0. The van der Waals surface area contributed by atoms with Gasteiger partial charge in [0.05, 0.1) is 17.9 Å². The van der Waals surface area contributed by atoms with E-state index in [1.807, 2.05) is 6.92 Å². The molecule has 2 rings (SSSR count). The number of hydrogen-bond donors (Lipinski definition) is 2. The molecule has 1 aromatic rings. The summed E-state index contributed by atoms with van der Waals surface area (Å²) in [6.45, 7) is 2.59. The molecule has 0 aromatic carbocycles. The molecule has 0 saturated carbocycles. The molecule has 1 amide bonds. The highest BCUT2D eigenvalue weighted by Crippen LogP contribution is 2.11. The third kappa shape index (κ3) is 1.71. The molecule has 1 aliphatic heterocycles. The highest BCUT2D eigenvalue weighted by molar-refractivity contribution is 5.78. The number of nitrogens with one attached hydrogen (secondary N) is 1. The topological polar surface area (TPSA) is 72.9 Å². The van der Waals surface area contributed by atoms with Crippen molar-refractivity contribution in [3.05, 3.63) is 11.9 Å². The van der Waals surface area contributed by atoms with Gasteiger partial charge in [0.25, 0.3) is 0 Å². The van der Waals surface area contributed by atoms with Gasteiger partial charge in [-0.1, -0.05) is 0 Å². The molecule has 1 aromatic heterocycles. The van der Waals surface area contributed by atoms with Gasteiger partial charge in [-0.05, 0) is 13.3 Å². The van der Waals surface area contributed by atoms with Crippen LogP contribution >= 0.6 is 0 Å². The van der Waals surface area contributed by atoms with Gasteiger partial charge < -0.3 is 11.1 Å². The summed E-state index contributed by atoms with van der Waals surface area (Å²) >= 11 is 0. The number of carbonyl (C=O) groups excluding carboxylic acids is 1. The van der Waals surface area contributed by atoms with Crippen LogP contribution in [-0.2, 0) is 11.3 Å². The van der Waals surface area contributed by atoms with Crippen molar-refractivity contribution >= 4 is 11.6 Å². The molecule has 3 N–H and O–H groups in total. The van der Waals surface area contributed by atoms with Crippen LogP contribution < -0.4 is 11.1 Å². The van der Waals surface area contributed by atoms with Crippen LogP contribution in [0.5, 0.6) is 0 Å². The highest BCUT2D eigenvalue weighted by atomic mass is 16.1. The van der Waals surface area contributed by atoms with E-state index < -0.39 is 0 Å². The normalized spacial score (nSPS) is 21.2. The van der Waals surface area contributed by atoms with Crippen molar-refractivity contribution < 1.29 is 4.79 Å². The summed E-state index contributed by atoms with van der Waals surface area (Å²) in [6, 6.07) is 0.209. The lowest BCUT2D eigenvalue weighted by molar-refractivity contribution is -0.119. The van der Waals surface area contributed by atoms with E-state index in [1.165, 1.54) is 0 Å². The maximum Gasteiger partial charge on any atom is 0.220 e. The monoisotopic (exact) mass is 194 g/mol. The molecule has 2 heterocycles. The number of rotatable bonds is 2. The first-order valence-corrected chi connectivity index (χ1v) is 4.74. The average Bonchev–Trinajstić information content (AvgIpc) is 2.62. The second kappa shape index (κ2) is 3.32. The molecule has 1 aliphatic rings. The lowest BCUT2D eigenvalue weighted by Gasteiger charge is -2.08. The van der Waals surface area contributed by atoms with Crippen LogP contribution in [0.4, 0.5) is 5.69 Å². The van der Waals surface area contributed by atoms with Gasteiger partial charge in [-0.15, -0.1) is 0 Å². The van der Waals surface area contributed by atoms with Crippen molar-refractivity contribution in [2.45, 2.75) is 32.4 Å². The van der Waals surface area contributed by atoms with Gasteiger partial charge in [-0.3, -0.25) is 9.48 Å². The van der Waals surface area contributed by atoms with E-state index in [-0.39, 0.29) is 11.9 Å². The Balaban J connectivity index is 2.00. The molecular formula is C9H14N4O. The fourth-order valence-electron chi connectivity index (χ4n) is 1.67. The first kappa shape index (κ1) is 9.05. The van der Waals surface area contributed by atoms with Crippen LogP contribution in [0.1, 0.15) is 18.5 Å². The first-order valence-electron chi connectivity index (χ1n) is 4.74. The van der Waals surface area contributed by atoms with Crippen molar-refractivity contribution in [2.75, 3.05) is 5.73 Å². The molecular weight excluding hydrogens is 180 g/mol. The second-order valence-corrected chi connectivity index (χ2v) is 3.70. The largest absolute Gasteiger partial charge is 0.396 e. The number of amides is 1. The van der Waals surface area contributed by atoms with E-state index in [9.17, 15) is 4.79 Å². The number of anilines is 1. The smallest absolute Gasteiger partial charge is 0.220 e. The lowest BCUT2D eigenvalue weighted by Crippen LogP contribution is -2.29. The van der Waals surface area contributed by atoms with Crippen LogP contribution in [-0.4, -0.2) is 21.7 Å². The van der Waals surface area contributed by atoms with E-state index in [0.29, 0.717) is 18.7 Å². The summed E-state index contributed by atoms with van der Waals surface area (Å²) < 4.78 is 1.79. The zero-order chi connectivity index (χ0) is 10.1. The molecule has 76 valence electrons. The number of aryl methyl sites for hydroxylation is 1. The third-order valence-electron chi connectivity index (χ3n) is 2.48. The fourth-order valence-corrected chi connectivity index (χ4v) is 1.67. The van der Waals surface area contributed by atoms with E-state index in [2.05, 4.69) is 10.4 Å². The Bertz CT molecular complexity index is 338. The molecule has 1 atom stereocenters. The Labute approximate surface area is 82.3 Å². The van der Waals surface area contributed by atoms with Crippen LogP contribution in [0.25, 0.3) is 0 Å². The Hall–Kier alpha value is -1.52. The van der Waals surface area contributed by atoms with Crippen LogP contribution in [0.15, 0.2) is 6.20 Å². The van der Waals surface area contributed by atoms with Gasteiger partial charge in [0.2, 0.25) is 5.91 Å².